The molecule has 0 saturated carbocycles. The number of imidazole rings is 1. The van der Waals surface area contributed by atoms with E-state index in [1.54, 1.807) is 16.8 Å². The summed E-state index contributed by atoms with van der Waals surface area (Å²) >= 11 is 0. The molecule has 2 atom stereocenters. The first-order valence-corrected chi connectivity index (χ1v) is 11.6. The summed E-state index contributed by atoms with van der Waals surface area (Å²) in [6.45, 7) is 5.39. The lowest BCUT2D eigenvalue weighted by atomic mass is 9.99. The first-order chi connectivity index (χ1) is 13.4. The number of hydrogen-bond donors (Lipinski definition) is 1. The Kier molecular flexibility index (Phi) is 6.91. The van der Waals surface area contributed by atoms with Gasteiger partial charge >= 0.3 is 0 Å². The van der Waals surface area contributed by atoms with E-state index in [9.17, 15) is 13.5 Å². The number of aliphatic hydroxyl groups excluding tert-OH is 1. The van der Waals surface area contributed by atoms with E-state index in [0.717, 1.165) is 37.8 Å². The van der Waals surface area contributed by atoms with Crippen LogP contribution < -0.4 is 0 Å². The van der Waals surface area contributed by atoms with Gasteiger partial charge in [-0.1, -0.05) is 57.0 Å². The number of rotatable bonds is 7. The van der Waals surface area contributed by atoms with E-state index in [4.69, 9.17) is 0 Å². The third-order valence-electron chi connectivity index (χ3n) is 5.26. The number of sulfonamides is 1. The summed E-state index contributed by atoms with van der Waals surface area (Å²) in [5.41, 5.74) is 0.824. The van der Waals surface area contributed by atoms with Crippen LogP contribution in [0.1, 0.15) is 57.6 Å². The van der Waals surface area contributed by atoms with Gasteiger partial charge in [-0.2, -0.15) is 4.31 Å². The molecule has 2 heterocycles. The molecule has 1 aromatic heterocycles. The molecule has 1 aliphatic rings. The first-order valence-electron chi connectivity index (χ1n) is 10.1. The van der Waals surface area contributed by atoms with Crippen LogP contribution >= 0.6 is 0 Å². The van der Waals surface area contributed by atoms with Crippen LogP contribution in [0.25, 0.3) is 0 Å². The molecule has 0 aliphatic carbocycles. The van der Waals surface area contributed by atoms with Crippen LogP contribution in [0.3, 0.4) is 0 Å². The van der Waals surface area contributed by atoms with Gasteiger partial charge in [-0.05, 0) is 30.7 Å². The molecule has 0 spiro atoms. The fourth-order valence-electron chi connectivity index (χ4n) is 3.89. The van der Waals surface area contributed by atoms with Crippen molar-refractivity contribution >= 4 is 10.0 Å². The maximum absolute atomic E-state index is 13.3. The van der Waals surface area contributed by atoms with Crippen LogP contribution in [0.2, 0.25) is 0 Å². The van der Waals surface area contributed by atoms with Crippen molar-refractivity contribution in [2.45, 2.75) is 69.7 Å². The smallest absolute Gasteiger partial charge is 0.262 e. The molecule has 1 N–H and O–H groups in total. The Morgan fingerprint density at radius 1 is 1.18 bits per heavy atom. The lowest BCUT2D eigenvalue weighted by Crippen LogP contribution is -2.41. The highest BCUT2D eigenvalue weighted by atomic mass is 32.2. The lowest BCUT2D eigenvalue weighted by Gasteiger charge is -2.30. The molecule has 154 valence electrons. The van der Waals surface area contributed by atoms with Gasteiger partial charge in [0.25, 0.3) is 10.0 Å². The minimum Gasteiger partial charge on any atom is -0.388 e. The summed E-state index contributed by atoms with van der Waals surface area (Å²) in [6.07, 6.45) is 6.52. The van der Waals surface area contributed by atoms with Crippen molar-refractivity contribution in [3.05, 3.63) is 48.4 Å². The lowest BCUT2D eigenvalue weighted by molar-refractivity contribution is 0.132. The average molecular weight is 406 g/mol. The molecule has 1 aromatic carbocycles. The molecule has 7 heteroatoms. The zero-order valence-electron chi connectivity index (χ0n) is 16.7. The van der Waals surface area contributed by atoms with Gasteiger partial charge in [0.15, 0.2) is 5.03 Å². The molecule has 1 saturated heterocycles. The highest BCUT2D eigenvalue weighted by Crippen LogP contribution is 2.30. The molecule has 0 bridgehead atoms. The van der Waals surface area contributed by atoms with Gasteiger partial charge in [-0.25, -0.2) is 13.4 Å². The standard InChI is InChI=1S/C21H31N3O3S/c1-17(2)14-23-15-21(22-16-23)28(26,27)24-12-8-4-7-11-19(24)13-20(25)18-9-5-3-6-10-18/h3,5-6,9-10,15-17,19-20,25H,4,7-8,11-14H2,1-2H3/t19-,20+/m1/s1. The molecule has 28 heavy (non-hydrogen) atoms. The normalized spacial score (nSPS) is 20.2. The van der Waals surface area contributed by atoms with E-state index in [2.05, 4.69) is 18.8 Å². The Labute approximate surface area is 168 Å². The molecule has 6 nitrogen and oxygen atoms in total. The zero-order valence-corrected chi connectivity index (χ0v) is 17.6. The van der Waals surface area contributed by atoms with Crippen LogP contribution in [0, 0.1) is 5.92 Å². The molecule has 0 radical (unpaired) electrons. The van der Waals surface area contributed by atoms with Gasteiger partial charge in [0.2, 0.25) is 0 Å². The summed E-state index contributed by atoms with van der Waals surface area (Å²) in [7, 11) is -3.69. The Hall–Kier alpha value is -1.70. The fraction of sp³-hybridized carbons (Fsp3) is 0.571. The second-order valence-electron chi connectivity index (χ2n) is 8.08. The van der Waals surface area contributed by atoms with Gasteiger partial charge < -0.3 is 9.67 Å². The second-order valence-corrected chi connectivity index (χ2v) is 9.92. The van der Waals surface area contributed by atoms with Crippen LogP contribution in [0.5, 0.6) is 0 Å². The van der Waals surface area contributed by atoms with Gasteiger partial charge in [0.1, 0.15) is 0 Å². The number of nitrogens with zero attached hydrogens (tertiary/aromatic N) is 3. The molecule has 3 rings (SSSR count). The Balaban J connectivity index is 1.82. The number of hydrogen-bond acceptors (Lipinski definition) is 4. The van der Waals surface area contributed by atoms with Crippen molar-refractivity contribution in [2.75, 3.05) is 6.54 Å². The second kappa shape index (κ2) is 9.20. The predicted molar refractivity (Wildman–Crippen MR) is 109 cm³/mol. The van der Waals surface area contributed by atoms with E-state index < -0.39 is 16.1 Å². The molecule has 2 aromatic rings. The van der Waals surface area contributed by atoms with Crippen LogP contribution in [0.4, 0.5) is 0 Å². The zero-order chi connectivity index (χ0) is 20.1. The highest BCUT2D eigenvalue weighted by Gasteiger charge is 2.35. The van der Waals surface area contributed by atoms with Gasteiger partial charge in [0, 0.05) is 25.3 Å². The van der Waals surface area contributed by atoms with E-state index in [-0.39, 0.29) is 11.1 Å². The Bertz CT molecular complexity index is 849. The van der Waals surface area contributed by atoms with Gasteiger partial charge in [0.05, 0.1) is 12.4 Å². The van der Waals surface area contributed by atoms with Gasteiger partial charge in [-0.15, -0.1) is 0 Å². The van der Waals surface area contributed by atoms with Crippen molar-refractivity contribution < 1.29 is 13.5 Å². The van der Waals surface area contributed by atoms with E-state index >= 15 is 0 Å². The minimum atomic E-state index is -3.69. The largest absolute Gasteiger partial charge is 0.388 e. The summed E-state index contributed by atoms with van der Waals surface area (Å²) in [6, 6.07) is 9.23. The molecule has 1 fully saturated rings. The van der Waals surface area contributed by atoms with Crippen molar-refractivity contribution in [1.82, 2.24) is 13.9 Å². The maximum atomic E-state index is 13.3. The molecule has 1 aliphatic heterocycles. The highest BCUT2D eigenvalue weighted by molar-refractivity contribution is 7.89. The number of benzene rings is 1. The Morgan fingerprint density at radius 3 is 2.64 bits per heavy atom. The monoisotopic (exact) mass is 405 g/mol. The van der Waals surface area contributed by atoms with Gasteiger partial charge in [-0.3, -0.25) is 0 Å². The summed E-state index contributed by atoms with van der Waals surface area (Å²) in [5.74, 6) is 0.414. The first kappa shape index (κ1) is 21.0. The van der Waals surface area contributed by atoms with Crippen LogP contribution in [-0.2, 0) is 16.6 Å². The minimum absolute atomic E-state index is 0.106. The SMILES string of the molecule is CC(C)Cn1cnc(S(=O)(=O)N2CCCCC[C@@H]2C[C@H](O)c2ccccc2)c1. The quantitative estimate of drug-likeness (QED) is 0.764. The predicted octanol–water partition coefficient (Wildman–Crippen LogP) is 3.60. The molecule has 0 unspecified atom stereocenters. The van der Waals surface area contributed by atoms with Crippen molar-refractivity contribution in [2.24, 2.45) is 5.92 Å². The third kappa shape index (κ3) is 5.01. The number of aromatic nitrogens is 2. The third-order valence-corrected chi connectivity index (χ3v) is 7.10. The van der Waals surface area contributed by atoms with Crippen molar-refractivity contribution in [3.8, 4) is 0 Å². The van der Waals surface area contributed by atoms with Crippen molar-refractivity contribution in [1.29, 1.82) is 0 Å². The average Bonchev–Trinajstić information content (AvgIpc) is 3.00. The molecular weight excluding hydrogens is 374 g/mol. The van der Waals surface area contributed by atoms with Crippen molar-refractivity contribution in [3.63, 3.8) is 0 Å². The Morgan fingerprint density at radius 2 is 1.93 bits per heavy atom. The summed E-state index contributed by atoms with van der Waals surface area (Å²) in [5, 5.41) is 10.8. The molecule has 0 amide bonds. The number of aliphatic hydroxyl groups is 1. The van der Waals surface area contributed by atoms with Crippen LogP contribution in [0.15, 0.2) is 47.9 Å². The fourth-order valence-corrected chi connectivity index (χ4v) is 5.53. The summed E-state index contributed by atoms with van der Waals surface area (Å²) < 4.78 is 30.1. The topological polar surface area (TPSA) is 75.4 Å². The van der Waals surface area contributed by atoms with E-state index in [0.29, 0.717) is 18.9 Å². The van der Waals surface area contributed by atoms with E-state index in [1.165, 1.54) is 0 Å². The molecular formula is C21H31N3O3S. The summed E-state index contributed by atoms with van der Waals surface area (Å²) in [4.78, 5) is 4.19. The van der Waals surface area contributed by atoms with E-state index in [1.807, 2.05) is 34.9 Å². The van der Waals surface area contributed by atoms with Crippen LogP contribution in [-0.4, -0.2) is 40.0 Å². The maximum Gasteiger partial charge on any atom is 0.262 e.